The SMILES string of the molecule is CC(C)(C)C[C@@H](CO)NC(=O)[C@H](O)c1ccccc1. The van der Waals surface area contributed by atoms with Gasteiger partial charge in [0.25, 0.3) is 5.91 Å². The number of amides is 1. The number of nitrogens with one attached hydrogen (secondary N) is 1. The van der Waals surface area contributed by atoms with Gasteiger partial charge >= 0.3 is 0 Å². The van der Waals surface area contributed by atoms with Gasteiger partial charge in [-0.1, -0.05) is 51.1 Å². The third kappa shape index (κ3) is 5.41. The molecule has 0 aliphatic rings. The third-order valence-electron chi connectivity index (χ3n) is 2.79. The van der Waals surface area contributed by atoms with E-state index in [0.29, 0.717) is 12.0 Å². The molecule has 1 aromatic rings. The summed E-state index contributed by atoms with van der Waals surface area (Å²) in [5.74, 6) is -0.477. The predicted octanol–water partition coefficient (Wildman–Crippen LogP) is 1.63. The largest absolute Gasteiger partial charge is 0.394 e. The quantitative estimate of drug-likeness (QED) is 0.758. The number of benzene rings is 1. The number of carbonyl (C=O) groups excluding carboxylic acids is 1. The topological polar surface area (TPSA) is 69.6 Å². The van der Waals surface area contributed by atoms with Crippen molar-refractivity contribution in [1.29, 1.82) is 0 Å². The van der Waals surface area contributed by atoms with Gasteiger partial charge in [0.15, 0.2) is 6.10 Å². The second kappa shape index (κ2) is 6.68. The minimum Gasteiger partial charge on any atom is -0.394 e. The van der Waals surface area contributed by atoms with Crippen molar-refractivity contribution in [3.05, 3.63) is 35.9 Å². The summed E-state index contributed by atoms with van der Waals surface area (Å²) in [5.41, 5.74) is 0.547. The highest BCUT2D eigenvalue weighted by molar-refractivity contribution is 5.82. The van der Waals surface area contributed by atoms with Crippen LogP contribution in [-0.4, -0.2) is 28.8 Å². The highest BCUT2D eigenvalue weighted by atomic mass is 16.3. The van der Waals surface area contributed by atoms with Gasteiger partial charge in [-0.15, -0.1) is 0 Å². The second-order valence-electron chi connectivity index (χ2n) is 5.97. The lowest BCUT2D eigenvalue weighted by atomic mass is 9.88. The molecule has 0 aliphatic carbocycles. The van der Waals surface area contributed by atoms with E-state index in [2.05, 4.69) is 5.32 Å². The summed E-state index contributed by atoms with van der Waals surface area (Å²) in [4.78, 5) is 11.9. The molecule has 0 spiro atoms. The zero-order valence-electron chi connectivity index (χ0n) is 11.8. The van der Waals surface area contributed by atoms with Gasteiger partial charge in [0.2, 0.25) is 0 Å². The van der Waals surface area contributed by atoms with Crippen LogP contribution in [0.25, 0.3) is 0 Å². The maximum absolute atomic E-state index is 11.9. The van der Waals surface area contributed by atoms with Crippen molar-refractivity contribution in [2.24, 2.45) is 5.41 Å². The van der Waals surface area contributed by atoms with Crippen LogP contribution in [0.2, 0.25) is 0 Å². The first kappa shape index (κ1) is 15.7. The first-order valence-electron chi connectivity index (χ1n) is 6.48. The Kier molecular flexibility index (Phi) is 5.51. The van der Waals surface area contributed by atoms with Gasteiger partial charge < -0.3 is 15.5 Å². The molecule has 3 N–H and O–H groups in total. The van der Waals surface area contributed by atoms with Gasteiger partial charge in [0, 0.05) is 0 Å². The lowest BCUT2D eigenvalue weighted by Gasteiger charge is -2.26. The third-order valence-corrected chi connectivity index (χ3v) is 2.79. The Balaban J connectivity index is 2.63. The van der Waals surface area contributed by atoms with Crippen LogP contribution in [0.4, 0.5) is 0 Å². The Morgan fingerprint density at radius 2 is 1.84 bits per heavy atom. The van der Waals surface area contributed by atoms with E-state index in [-0.39, 0.29) is 18.1 Å². The summed E-state index contributed by atoms with van der Waals surface area (Å²) in [5, 5.41) is 21.9. The molecule has 0 saturated heterocycles. The van der Waals surface area contributed by atoms with Crippen LogP contribution in [-0.2, 0) is 4.79 Å². The van der Waals surface area contributed by atoms with Crippen LogP contribution in [0.3, 0.4) is 0 Å². The van der Waals surface area contributed by atoms with Crippen molar-refractivity contribution >= 4 is 5.91 Å². The molecule has 2 atom stereocenters. The van der Waals surface area contributed by atoms with E-state index in [1.54, 1.807) is 24.3 Å². The van der Waals surface area contributed by atoms with Crippen LogP contribution in [0, 0.1) is 5.41 Å². The van der Waals surface area contributed by atoms with Gasteiger partial charge in [-0.05, 0) is 17.4 Å². The van der Waals surface area contributed by atoms with Gasteiger partial charge in [-0.25, -0.2) is 0 Å². The minimum absolute atomic E-state index is 0.00161. The van der Waals surface area contributed by atoms with Gasteiger partial charge in [-0.3, -0.25) is 4.79 Å². The summed E-state index contributed by atoms with van der Waals surface area (Å²) in [6, 6.07) is 8.41. The van der Waals surface area contributed by atoms with E-state index < -0.39 is 12.0 Å². The molecule has 0 heterocycles. The van der Waals surface area contributed by atoms with Crippen molar-refractivity contribution in [1.82, 2.24) is 5.32 Å². The van der Waals surface area contributed by atoms with Crippen LogP contribution in [0.15, 0.2) is 30.3 Å². The average molecular weight is 265 g/mol. The Hall–Kier alpha value is -1.39. The fraction of sp³-hybridized carbons (Fsp3) is 0.533. The van der Waals surface area contributed by atoms with Crippen molar-refractivity contribution in [3.63, 3.8) is 0 Å². The van der Waals surface area contributed by atoms with Crippen molar-refractivity contribution in [2.45, 2.75) is 39.3 Å². The van der Waals surface area contributed by atoms with Crippen LogP contribution >= 0.6 is 0 Å². The lowest BCUT2D eigenvalue weighted by Crippen LogP contribution is -2.42. The molecule has 19 heavy (non-hydrogen) atoms. The second-order valence-corrected chi connectivity index (χ2v) is 5.97. The summed E-state index contributed by atoms with van der Waals surface area (Å²) >= 11 is 0. The van der Waals surface area contributed by atoms with Crippen molar-refractivity contribution in [3.8, 4) is 0 Å². The maximum atomic E-state index is 11.9. The van der Waals surface area contributed by atoms with E-state index in [0.717, 1.165) is 0 Å². The number of aliphatic hydroxyl groups is 2. The standard InChI is InChI=1S/C15H23NO3/c1-15(2,3)9-12(10-17)16-14(19)13(18)11-7-5-4-6-8-11/h4-8,12-13,17-18H,9-10H2,1-3H3,(H,16,19)/t12-,13+/m0/s1. The minimum atomic E-state index is -1.20. The van der Waals surface area contributed by atoms with Crippen molar-refractivity contribution < 1.29 is 15.0 Å². The van der Waals surface area contributed by atoms with Crippen LogP contribution in [0.1, 0.15) is 38.9 Å². The van der Waals surface area contributed by atoms with Crippen LogP contribution in [0.5, 0.6) is 0 Å². The normalized spacial score (nSPS) is 14.8. The molecule has 0 fully saturated rings. The molecule has 0 radical (unpaired) electrons. The molecule has 106 valence electrons. The lowest BCUT2D eigenvalue weighted by molar-refractivity contribution is -0.130. The molecule has 4 nitrogen and oxygen atoms in total. The fourth-order valence-corrected chi connectivity index (χ4v) is 1.97. The molecule has 0 aliphatic heterocycles. The number of hydrogen-bond donors (Lipinski definition) is 3. The molecule has 0 unspecified atom stereocenters. The Morgan fingerprint density at radius 3 is 2.32 bits per heavy atom. The highest BCUT2D eigenvalue weighted by Gasteiger charge is 2.23. The summed E-state index contributed by atoms with van der Waals surface area (Å²) < 4.78 is 0. The van der Waals surface area contributed by atoms with Gasteiger partial charge in [0.05, 0.1) is 12.6 Å². The number of carbonyl (C=O) groups is 1. The van der Waals surface area contributed by atoms with E-state index in [1.165, 1.54) is 0 Å². The molecule has 1 aromatic carbocycles. The van der Waals surface area contributed by atoms with E-state index >= 15 is 0 Å². The molecule has 0 aromatic heterocycles. The number of hydrogen-bond acceptors (Lipinski definition) is 3. The predicted molar refractivity (Wildman–Crippen MR) is 74.5 cm³/mol. The van der Waals surface area contributed by atoms with E-state index in [9.17, 15) is 15.0 Å². The molecule has 0 saturated carbocycles. The first-order chi connectivity index (χ1) is 8.83. The maximum Gasteiger partial charge on any atom is 0.253 e. The molecular weight excluding hydrogens is 242 g/mol. The molecular formula is C15H23NO3. The molecule has 1 amide bonds. The average Bonchev–Trinajstić information content (AvgIpc) is 2.36. The number of aliphatic hydroxyl groups excluding tert-OH is 2. The van der Waals surface area contributed by atoms with E-state index in [1.807, 2.05) is 26.8 Å². The monoisotopic (exact) mass is 265 g/mol. The zero-order chi connectivity index (χ0) is 14.5. The highest BCUT2D eigenvalue weighted by Crippen LogP contribution is 2.21. The summed E-state index contributed by atoms with van der Waals surface area (Å²) in [6.45, 7) is 5.98. The number of rotatable bonds is 5. The Morgan fingerprint density at radius 1 is 1.26 bits per heavy atom. The molecule has 0 bridgehead atoms. The van der Waals surface area contributed by atoms with Gasteiger partial charge in [0.1, 0.15) is 0 Å². The van der Waals surface area contributed by atoms with Crippen LogP contribution < -0.4 is 5.32 Å². The Labute approximate surface area is 114 Å². The van der Waals surface area contributed by atoms with E-state index in [4.69, 9.17) is 0 Å². The zero-order valence-corrected chi connectivity index (χ0v) is 11.8. The first-order valence-corrected chi connectivity index (χ1v) is 6.48. The summed E-state index contributed by atoms with van der Waals surface area (Å²) in [7, 11) is 0. The fourth-order valence-electron chi connectivity index (χ4n) is 1.97. The Bertz CT molecular complexity index is 398. The summed E-state index contributed by atoms with van der Waals surface area (Å²) in [6.07, 6.45) is -0.549. The van der Waals surface area contributed by atoms with Crippen molar-refractivity contribution in [2.75, 3.05) is 6.61 Å². The molecule has 1 rings (SSSR count). The van der Waals surface area contributed by atoms with Gasteiger partial charge in [-0.2, -0.15) is 0 Å². The smallest absolute Gasteiger partial charge is 0.253 e. The molecule has 4 heteroatoms.